The molecule has 1 saturated heterocycles. The lowest BCUT2D eigenvalue weighted by Crippen LogP contribution is -2.34. The third kappa shape index (κ3) is 2.92. The molecular formula is C12H21BrN4O. The number of ether oxygens (including phenoxy) is 1. The van der Waals surface area contributed by atoms with Gasteiger partial charge in [0.15, 0.2) is 4.60 Å². The smallest absolute Gasteiger partial charge is 0.153 e. The maximum Gasteiger partial charge on any atom is 0.153 e. The van der Waals surface area contributed by atoms with E-state index in [2.05, 4.69) is 45.4 Å². The van der Waals surface area contributed by atoms with Crippen molar-refractivity contribution in [2.24, 2.45) is 7.05 Å². The highest BCUT2D eigenvalue weighted by atomic mass is 79.9. The summed E-state index contributed by atoms with van der Waals surface area (Å²) in [5.41, 5.74) is 1.07. The van der Waals surface area contributed by atoms with Crippen LogP contribution in [-0.2, 0) is 11.8 Å². The van der Waals surface area contributed by atoms with Crippen LogP contribution in [0.4, 0.5) is 0 Å². The fraction of sp³-hybridized carbons (Fsp3) is 0.833. The van der Waals surface area contributed by atoms with Crippen LogP contribution < -0.4 is 5.32 Å². The highest BCUT2D eigenvalue weighted by molar-refractivity contribution is 9.10. The van der Waals surface area contributed by atoms with E-state index >= 15 is 0 Å². The Labute approximate surface area is 116 Å². The van der Waals surface area contributed by atoms with Crippen LogP contribution in [0.25, 0.3) is 0 Å². The Bertz CT molecular complexity index is 376. The standard InChI is InChI=1S/C12H21BrN4O/c1-4-7-14-10(9-6-5-8(2)18-9)11-12(13)15-16-17(11)3/h8-10,14H,4-7H2,1-3H3. The summed E-state index contributed by atoms with van der Waals surface area (Å²) in [5, 5.41) is 11.7. The zero-order valence-corrected chi connectivity index (χ0v) is 12.8. The third-order valence-corrected chi connectivity index (χ3v) is 3.94. The van der Waals surface area contributed by atoms with E-state index in [0.29, 0.717) is 6.10 Å². The van der Waals surface area contributed by atoms with E-state index in [0.717, 1.165) is 36.1 Å². The number of halogens is 1. The molecule has 1 aromatic rings. The monoisotopic (exact) mass is 316 g/mol. The largest absolute Gasteiger partial charge is 0.373 e. The number of nitrogens with zero attached hydrogens (tertiary/aromatic N) is 3. The van der Waals surface area contributed by atoms with Gasteiger partial charge in [0.05, 0.1) is 23.9 Å². The first kappa shape index (κ1) is 14.0. The van der Waals surface area contributed by atoms with Gasteiger partial charge in [-0.3, -0.25) is 0 Å². The van der Waals surface area contributed by atoms with Crippen molar-refractivity contribution in [1.29, 1.82) is 0 Å². The van der Waals surface area contributed by atoms with Crippen molar-refractivity contribution in [2.45, 2.75) is 51.4 Å². The lowest BCUT2D eigenvalue weighted by atomic mass is 10.0. The van der Waals surface area contributed by atoms with Gasteiger partial charge in [-0.2, -0.15) is 0 Å². The minimum atomic E-state index is 0.157. The van der Waals surface area contributed by atoms with Gasteiger partial charge >= 0.3 is 0 Å². The molecule has 0 bridgehead atoms. The summed E-state index contributed by atoms with van der Waals surface area (Å²) < 4.78 is 8.63. The zero-order chi connectivity index (χ0) is 13.1. The molecule has 0 aliphatic carbocycles. The first-order chi connectivity index (χ1) is 8.63. The predicted octanol–water partition coefficient (Wildman–Crippen LogP) is 2.19. The maximum absolute atomic E-state index is 6.00. The van der Waals surface area contributed by atoms with Gasteiger partial charge in [0.2, 0.25) is 0 Å². The van der Waals surface area contributed by atoms with Gasteiger partial charge in [0.25, 0.3) is 0 Å². The van der Waals surface area contributed by atoms with Crippen LogP contribution in [0.3, 0.4) is 0 Å². The lowest BCUT2D eigenvalue weighted by molar-refractivity contribution is 0.0297. The SMILES string of the molecule is CCCNC(c1c(Br)nnn1C)C1CCC(C)O1. The van der Waals surface area contributed by atoms with Crippen molar-refractivity contribution >= 4 is 15.9 Å². The molecule has 1 fully saturated rings. The second-order valence-electron chi connectivity index (χ2n) is 4.88. The van der Waals surface area contributed by atoms with Crippen LogP contribution in [0.2, 0.25) is 0 Å². The average Bonchev–Trinajstić information content (AvgIpc) is 2.90. The van der Waals surface area contributed by atoms with E-state index < -0.39 is 0 Å². The summed E-state index contributed by atoms with van der Waals surface area (Å²) in [5.74, 6) is 0. The highest BCUT2D eigenvalue weighted by Gasteiger charge is 2.33. The summed E-state index contributed by atoms with van der Waals surface area (Å²) in [6.07, 6.45) is 3.86. The maximum atomic E-state index is 6.00. The summed E-state index contributed by atoms with van der Waals surface area (Å²) in [7, 11) is 1.92. The molecule has 102 valence electrons. The molecular weight excluding hydrogens is 296 g/mol. The van der Waals surface area contributed by atoms with Crippen molar-refractivity contribution in [3.63, 3.8) is 0 Å². The molecule has 0 amide bonds. The molecule has 0 aromatic carbocycles. The first-order valence-electron chi connectivity index (χ1n) is 6.57. The number of nitrogens with one attached hydrogen (secondary N) is 1. The van der Waals surface area contributed by atoms with Crippen LogP contribution in [0, 0.1) is 0 Å². The normalized spacial score (nSPS) is 25.6. The van der Waals surface area contributed by atoms with E-state index in [1.165, 1.54) is 0 Å². The van der Waals surface area contributed by atoms with Gasteiger partial charge in [-0.1, -0.05) is 12.1 Å². The van der Waals surface area contributed by atoms with E-state index in [-0.39, 0.29) is 12.1 Å². The Balaban J connectivity index is 2.19. The van der Waals surface area contributed by atoms with E-state index in [9.17, 15) is 0 Å². The van der Waals surface area contributed by atoms with Crippen molar-refractivity contribution in [3.05, 3.63) is 10.3 Å². The molecule has 0 saturated carbocycles. The number of rotatable bonds is 5. The number of hydrogen-bond acceptors (Lipinski definition) is 4. The minimum absolute atomic E-state index is 0.157. The van der Waals surface area contributed by atoms with Crippen LogP contribution in [0.15, 0.2) is 4.60 Å². The molecule has 1 aromatic heterocycles. The number of hydrogen-bond donors (Lipinski definition) is 1. The molecule has 3 unspecified atom stereocenters. The van der Waals surface area contributed by atoms with Gasteiger partial charge < -0.3 is 10.1 Å². The molecule has 1 aliphatic rings. The van der Waals surface area contributed by atoms with Gasteiger partial charge in [-0.25, -0.2) is 4.68 Å². The fourth-order valence-corrected chi connectivity index (χ4v) is 3.03. The van der Waals surface area contributed by atoms with Crippen molar-refractivity contribution in [1.82, 2.24) is 20.3 Å². The average molecular weight is 317 g/mol. The van der Waals surface area contributed by atoms with Gasteiger partial charge in [0.1, 0.15) is 0 Å². The molecule has 3 atom stereocenters. The molecule has 0 radical (unpaired) electrons. The molecule has 18 heavy (non-hydrogen) atoms. The van der Waals surface area contributed by atoms with Gasteiger partial charge in [-0.05, 0) is 48.7 Å². The first-order valence-corrected chi connectivity index (χ1v) is 7.36. The molecule has 2 rings (SSSR count). The second-order valence-corrected chi connectivity index (χ2v) is 5.63. The quantitative estimate of drug-likeness (QED) is 0.904. The van der Waals surface area contributed by atoms with E-state index in [4.69, 9.17) is 4.74 Å². The summed E-state index contributed by atoms with van der Waals surface area (Å²) in [4.78, 5) is 0. The zero-order valence-electron chi connectivity index (χ0n) is 11.2. The molecule has 2 heterocycles. The third-order valence-electron chi connectivity index (χ3n) is 3.37. The topological polar surface area (TPSA) is 52.0 Å². The van der Waals surface area contributed by atoms with E-state index in [1.807, 2.05) is 11.7 Å². The number of aromatic nitrogens is 3. The Kier molecular flexibility index (Phi) is 4.75. The van der Waals surface area contributed by atoms with Crippen LogP contribution in [0.1, 0.15) is 44.8 Å². The summed E-state index contributed by atoms with van der Waals surface area (Å²) in [6, 6.07) is 0.157. The molecule has 1 N–H and O–H groups in total. The van der Waals surface area contributed by atoms with Gasteiger partial charge in [-0.15, -0.1) is 5.10 Å². The van der Waals surface area contributed by atoms with Crippen LogP contribution >= 0.6 is 15.9 Å². The Morgan fingerprint density at radius 1 is 1.56 bits per heavy atom. The lowest BCUT2D eigenvalue weighted by Gasteiger charge is -2.25. The fourth-order valence-electron chi connectivity index (χ4n) is 2.45. The predicted molar refractivity (Wildman–Crippen MR) is 73.3 cm³/mol. The van der Waals surface area contributed by atoms with E-state index in [1.54, 1.807) is 0 Å². The van der Waals surface area contributed by atoms with Gasteiger partial charge in [0, 0.05) is 7.05 Å². The summed E-state index contributed by atoms with van der Waals surface area (Å²) in [6.45, 7) is 5.27. The molecule has 0 spiro atoms. The molecule has 6 heteroatoms. The molecule has 1 aliphatic heterocycles. The van der Waals surface area contributed by atoms with Crippen LogP contribution in [-0.4, -0.2) is 33.7 Å². The van der Waals surface area contributed by atoms with Crippen molar-refractivity contribution in [3.8, 4) is 0 Å². The molecule has 5 nitrogen and oxygen atoms in total. The van der Waals surface area contributed by atoms with Crippen molar-refractivity contribution in [2.75, 3.05) is 6.54 Å². The Hall–Kier alpha value is -0.460. The minimum Gasteiger partial charge on any atom is -0.373 e. The number of aryl methyl sites for hydroxylation is 1. The second kappa shape index (κ2) is 6.12. The Morgan fingerprint density at radius 2 is 2.33 bits per heavy atom. The van der Waals surface area contributed by atoms with Crippen molar-refractivity contribution < 1.29 is 4.74 Å². The Morgan fingerprint density at radius 3 is 2.83 bits per heavy atom. The highest BCUT2D eigenvalue weighted by Crippen LogP contribution is 2.32. The summed E-state index contributed by atoms with van der Waals surface area (Å²) >= 11 is 3.48. The van der Waals surface area contributed by atoms with Crippen LogP contribution in [0.5, 0.6) is 0 Å².